The molecule has 0 rings (SSSR count). The molecule has 0 aromatic carbocycles. The summed E-state index contributed by atoms with van der Waals surface area (Å²) in [6.45, 7) is 11.3. The molecule has 0 aliphatic rings. The van der Waals surface area contributed by atoms with E-state index in [-0.39, 0.29) is 31.1 Å². The summed E-state index contributed by atoms with van der Waals surface area (Å²) >= 11 is 0. The molecule has 59 heavy (non-hydrogen) atoms. The first-order valence-corrected chi connectivity index (χ1v) is 26.3. The van der Waals surface area contributed by atoms with Crippen molar-refractivity contribution in [3.05, 3.63) is 0 Å². The molecule has 0 aliphatic carbocycles. The van der Waals surface area contributed by atoms with Crippen molar-refractivity contribution in [2.24, 2.45) is 11.8 Å². The molecule has 0 saturated heterocycles. The van der Waals surface area contributed by atoms with Gasteiger partial charge in [0, 0.05) is 19.3 Å². The van der Waals surface area contributed by atoms with Gasteiger partial charge in [-0.2, -0.15) is 0 Å². The van der Waals surface area contributed by atoms with Gasteiger partial charge >= 0.3 is 17.9 Å². The molecule has 0 aromatic heterocycles. The molecule has 6 heteroatoms. The minimum absolute atomic E-state index is 0.0650. The van der Waals surface area contributed by atoms with Crippen molar-refractivity contribution in [1.29, 1.82) is 0 Å². The molecule has 0 N–H and O–H groups in total. The maximum Gasteiger partial charge on any atom is 0.306 e. The summed E-state index contributed by atoms with van der Waals surface area (Å²) in [7, 11) is 0. The van der Waals surface area contributed by atoms with Gasteiger partial charge < -0.3 is 14.2 Å². The van der Waals surface area contributed by atoms with E-state index in [1.54, 1.807) is 0 Å². The van der Waals surface area contributed by atoms with Crippen LogP contribution in [-0.4, -0.2) is 37.2 Å². The highest BCUT2D eigenvalue weighted by Crippen LogP contribution is 2.18. The zero-order chi connectivity index (χ0) is 43.3. The van der Waals surface area contributed by atoms with Crippen LogP contribution in [0, 0.1) is 11.8 Å². The van der Waals surface area contributed by atoms with Crippen molar-refractivity contribution in [2.75, 3.05) is 13.2 Å². The largest absolute Gasteiger partial charge is 0.462 e. The standard InChI is InChI=1S/C53H102O6/c1-6-9-10-11-12-13-14-15-16-17-18-19-20-21-22-23-27-33-38-43-51(54)57-46-50(59-53(56)45-40-35-30-29-32-37-42-49(5)8-3)47-58-52(55)44-39-34-28-25-24-26-31-36-41-48(4)7-2/h48-50H,6-47H2,1-5H3/t48?,49?,50-/m0/s1. The minimum atomic E-state index is -0.763. The smallest absolute Gasteiger partial charge is 0.306 e. The van der Waals surface area contributed by atoms with Crippen molar-refractivity contribution in [3.63, 3.8) is 0 Å². The zero-order valence-electron chi connectivity index (χ0n) is 40.4. The lowest BCUT2D eigenvalue weighted by Crippen LogP contribution is -2.30. The summed E-state index contributed by atoms with van der Waals surface area (Å²) in [6, 6.07) is 0. The topological polar surface area (TPSA) is 78.9 Å². The predicted molar refractivity (Wildman–Crippen MR) is 252 cm³/mol. The average molecular weight is 835 g/mol. The van der Waals surface area contributed by atoms with Gasteiger partial charge in [-0.15, -0.1) is 0 Å². The summed E-state index contributed by atoms with van der Waals surface area (Å²) in [4.78, 5) is 37.9. The Bertz CT molecular complexity index is 904. The van der Waals surface area contributed by atoms with Crippen molar-refractivity contribution in [2.45, 2.75) is 298 Å². The second kappa shape index (κ2) is 45.9. The summed E-state index contributed by atoms with van der Waals surface area (Å²) < 4.78 is 16.8. The Labute approximate surface area is 368 Å². The molecule has 0 aromatic rings. The SMILES string of the molecule is CCCCCCCCCCCCCCCCCCCCCC(=O)OC[C@@H](COC(=O)CCCCCCCCCCC(C)CC)OC(=O)CCCCCCCCC(C)CC. The fraction of sp³-hybridized carbons (Fsp3) is 0.943. The lowest BCUT2D eigenvalue weighted by Gasteiger charge is -2.18. The Morgan fingerprint density at radius 3 is 0.881 bits per heavy atom. The number of unbranched alkanes of at least 4 members (excludes halogenated alkanes) is 30. The Kier molecular flexibility index (Phi) is 44.7. The normalized spacial score (nSPS) is 13.0. The highest BCUT2D eigenvalue weighted by Gasteiger charge is 2.19. The van der Waals surface area contributed by atoms with Crippen LogP contribution < -0.4 is 0 Å². The number of carbonyl (C=O) groups excluding carboxylic acids is 3. The second-order valence-corrected chi connectivity index (χ2v) is 18.6. The average Bonchev–Trinajstić information content (AvgIpc) is 3.23. The lowest BCUT2D eigenvalue weighted by atomic mass is 9.99. The van der Waals surface area contributed by atoms with Crippen LogP contribution in [0.3, 0.4) is 0 Å². The minimum Gasteiger partial charge on any atom is -0.462 e. The molecule has 3 atom stereocenters. The Balaban J connectivity index is 4.24. The van der Waals surface area contributed by atoms with Gasteiger partial charge in [-0.05, 0) is 31.1 Å². The summed E-state index contributed by atoms with van der Waals surface area (Å²) in [6.07, 6.45) is 46.7. The van der Waals surface area contributed by atoms with Gasteiger partial charge in [0.05, 0.1) is 0 Å². The van der Waals surface area contributed by atoms with Crippen LogP contribution in [0.5, 0.6) is 0 Å². The summed E-state index contributed by atoms with van der Waals surface area (Å²) in [5, 5.41) is 0. The molecule has 6 nitrogen and oxygen atoms in total. The fourth-order valence-electron chi connectivity index (χ4n) is 7.93. The molecule has 0 amide bonds. The van der Waals surface area contributed by atoms with Gasteiger partial charge in [0.1, 0.15) is 13.2 Å². The predicted octanol–water partition coefficient (Wildman–Crippen LogP) is 16.9. The van der Waals surface area contributed by atoms with E-state index in [0.717, 1.165) is 69.6 Å². The van der Waals surface area contributed by atoms with Crippen LogP contribution in [0.25, 0.3) is 0 Å². The van der Waals surface area contributed by atoms with Gasteiger partial charge in [-0.1, -0.05) is 253 Å². The van der Waals surface area contributed by atoms with Crippen LogP contribution in [0.15, 0.2) is 0 Å². The maximum atomic E-state index is 12.7. The molecule has 350 valence electrons. The monoisotopic (exact) mass is 835 g/mol. The van der Waals surface area contributed by atoms with E-state index in [1.807, 2.05) is 0 Å². The van der Waals surface area contributed by atoms with Gasteiger partial charge in [-0.3, -0.25) is 14.4 Å². The molecular formula is C53H102O6. The third kappa shape index (κ3) is 44.3. The third-order valence-corrected chi connectivity index (χ3v) is 12.7. The second-order valence-electron chi connectivity index (χ2n) is 18.6. The number of hydrogen-bond acceptors (Lipinski definition) is 6. The molecule has 0 fully saturated rings. The molecule has 0 heterocycles. The number of ether oxygens (including phenoxy) is 3. The maximum absolute atomic E-state index is 12.7. The Hall–Kier alpha value is -1.59. The Morgan fingerprint density at radius 2 is 0.593 bits per heavy atom. The van der Waals surface area contributed by atoms with Crippen LogP contribution in [-0.2, 0) is 28.6 Å². The fourth-order valence-corrected chi connectivity index (χ4v) is 7.93. The van der Waals surface area contributed by atoms with E-state index in [2.05, 4.69) is 34.6 Å². The Morgan fingerprint density at radius 1 is 0.339 bits per heavy atom. The molecule has 0 radical (unpaired) electrons. The van der Waals surface area contributed by atoms with Crippen molar-refractivity contribution in [3.8, 4) is 0 Å². The van der Waals surface area contributed by atoms with Crippen molar-refractivity contribution < 1.29 is 28.6 Å². The first-order valence-electron chi connectivity index (χ1n) is 26.3. The van der Waals surface area contributed by atoms with E-state index in [1.165, 1.54) is 180 Å². The van der Waals surface area contributed by atoms with Crippen LogP contribution in [0.4, 0.5) is 0 Å². The molecule has 0 saturated carbocycles. The number of esters is 3. The van der Waals surface area contributed by atoms with Gasteiger partial charge in [0.25, 0.3) is 0 Å². The molecule has 0 bridgehead atoms. The number of hydrogen-bond donors (Lipinski definition) is 0. The van der Waals surface area contributed by atoms with E-state index in [9.17, 15) is 14.4 Å². The van der Waals surface area contributed by atoms with Gasteiger partial charge in [0.2, 0.25) is 0 Å². The highest BCUT2D eigenvalue weighted by atomic mass is 16.6. The van der Waals surface area contributed by atoms with Gasteiger partial charge in [-0.25, -0.2) is 0 Å². The molecular weight excluding hydrogens is 733 g/mol. The lowest BCUT2D eigenvalue weighted by molar-refractivity contribution is -0.167. The van der Waals surface area contributed by atoms with Crippen LogP contribution in [0.2, 0.25) is 0 Å². The molecule has 0 aliphatic heterocycles. The van der Waals surface area contributed by atoms with E-state index in [4.69, 9.17) is 14.2 Å². The van der Waals surface area contributed by atoms with Crippen molar-refractivity contribution >= 4 is 17.9 Å². The van der Waals surface area contributed by atoms with Crippen LogP contribution in [0.1, 0.15) is 291 Å². The molecule has 2 unspecified atom stereocenters. The van der Waals surface area contributed by atoms with Crippen LogP contribution >= 0.6 is 0 Å². The summed E-state index contributed by atoms with van der Waals surface area (Å²) in [5.41, 5.74) is 0. The highest BCUT2D eigenvalue weighted by molar-refractivity contribution is 5.71. The number of carbonyl (C=O) groups is 3. The van der Waals surface area contributed by atoms with E-state index < -0.39 is 6.10 Å². The third-order valence-electron chi connectivity index (χ3n) is 12.7. The first kappa shape index (κ1) is 57.4. The van der Waals surface area contributed by atoms with Crippen molar-refractivity contribution in [1.82, 2.24) is 0 Å². The quantitative estimate of drug-likeness (QED) is 0.0345. The molecule has 0 spiro atoms. The van der Waals surface area contributed by atoms with E-state index in [0.29, 0.717) is 19.3 Å². The van der Waals surface area contributed by atoms with Gasteiger partial charge in [0.15, 0.2) is 6.10 Å². The first-order chi connectivity index (χ1) is 28.8. The zero-order valence-corrected chi connectivity index (χ0v) is 40.4. The summed E-state index contributed by atoms with van der Waals surface area (Å²) in [5.74, 6) is 0.804. The van der Waals surface area contributed by atoms with E-state index >= 15 is 0 Å². The number of rotatable bonds is 47.